The van der Waals surface area contributed by atoms with Gasteiger partial charge in [0.25, 0.3) is 0 Å². The quantitative estimate of drug-likeness (QED) is 0.907. The summed E-state index contributed by atoms with van der Waals surface area (Å²) < 4.78 is 40.6. The average Bonchev–Trinajstić information content (AvgIpc) is 3.10. The van der Waals surface area contributed by atoms with Gasteiger partial charge in [-0.2, -0.15) is 0 Å². The van der Waals surface area contributed by atoms with Gasteiger partial charge in [-0.25, -0.2) is 17.5 Å². The average molecular weight is 306 g/mol. The molecule has 1 aromatic carbocycles. The summed E-state index contributed by atoms with van der Waals surface area (Å²) in [6.07, 6.45) is 1.37. The van der Waals surface area contributed by atoms with Crippen LogP contribution in [-0.4, -0.2) is 13.7 Å². The van der Waals surface area contributed by atoms with Gasteiger partial charge in [0.05, 0.1) is 11.3 Å². The third-order valence-corrected chi connectivity index (χ3v) is 5.39. The lowest BCUT2D eigenvalue weighted by Crippen LogP contribution is -2.34. The Balaban J connectivity index is 2.29. The Bertz CT molecular complexity index is 570. The predicted octanol–water partition coefficient (Wildman–Crippen LogP) is 3.26. The molecule has 1 aromatic rings. The van der Waals surface area contributed by atoms with E-state index in [0.29, 0.717) is 23.4 Å². The molecule has 1 atom stereocenters. The summed E-state index contributed by atoms with van der Waals surface area (Å²) in [6, 6.07) is 3.75. The van der Waals surface area contributed by atoms with Gasteiger partial charge in [-0.15, -0.1) is 0 Å². The van der Waals surface area contributed by atoms with Crippen molar-refractivity contribution >= 4 is 21.6 Å². The fraction of sp³-hybridized carbons (Fsp3) is 0.538. The van der Waals surface area contributed by atoms with E-state index in [1.165, 1.54) is 12.1 Å². The number of halogens is 2. The molecular weight excluding hydrogens is 289 g/mol. The second-order valence-corrected chi connectivity index (χ2v) is 7.68. The number of sulfonamides is 1. The van der Waals surface area contributed by atoms with Crippen LogP contribution in [0.3, 0.4) is 0 Å². The van der Waals surface area contributed by atoms with Crippen molar-refractivity contribution in [2.24, 2.45) is 5.92 Å². The molecule has 1 aliphatic rings. The number of hydrogen-bond acceptors (Lipinski definition) is 2. The minimum absolute atomic E-state index is 0.0517. The topological polar surface area (TPSA) is 46.2 Å². The predicted molar refractivity (Wildman–Crippen MR) is 74.1 cm³/mol. The van der Waals surface area contributed by atoms with Gasteiger partial charge in [0, 0.05) is 10.6 Å². The van der Waals surface area contributed by atoms with Crippen LogP contribution < -0.4 is 4.72 Å². The molecule has 1 saturated carbocycles. The monoisotopic (exact) mass is 305 g/mol. The van der Waals surface area contributed by atoms with Crippen LogP contribution in [0.4, 0.5) is 4.39 Å². The number of rotatable bonds is 5. The third-order valence-electron chi connectivity index (χ3n) is 3.22. The molecule has 0 aliphatic heterocycles. The molecule has 0 radical (unpaired) electrons. The maximum atomic E-state index is 13.9. The Morgan fingerprint density at radius 2 is 2.00 bits per heavy atom. The fourth-order valence-electron chi connectivity index (χ4n) is 1.96. The molecule has 0 saturated heterocycles. The van der Waals surface area contributed by atoms with E-state index in [9.17, 15) is 12.8 Å². The Hall–Kier alpha value is -0.650. The standard InChI is InChI=1S/C13H17ClFNO2S/c1-8(2)13(16-19(17,18)10-4-5-10)11-6-3-9(14)7-12(11)15/h3,6-8,10,13,16H,4-5H2,1-2H3/t13-/m1/s1. The van der Waals surface area contributed by atoms with Crippen molar-refractivity contribution in [3.05, 3.63) is 34.6 Å². The normalized spacial score (nSPS) is 17.7. The Morgan fingerprint density at radius 1 is 1.37 bits per heavy atom. The molecule has 0 bridgehead atoms. The van der Waals surface area contributed by atoms with Gasteiger partial charge in [-0.05, 0) is 30.9 Å². The van der Waals surface area contributed by atoms with E-state index >= 15 is 0 Å². The molecule has 0 heterocycles. The van der Waals surface area contributed by atoms with Gasteiger partial charge in [0.2, 0.25) is 10.0 Å². The van der Waals surface area contributed by atoms with E-state index in [0.717, 1.165) is 0 Å². The zero-order valence-corrected chi connectivity index (χ0v) is 12.4. The van der Waals surface area contributed by atoms with Crippen LogP contribution in [0.2, 0.25) is 5.02 Å². The highest BCUT2D eigenvalue weighted by Gasteiger charge is 2.38. The van der Waals surface area contributed by atoms with Crippen molar-refractivity contribution in [3.63, 3.8) is 0 Å². The van der Waals surface area contributed by atoms with Gasteiger partial charge < -0.3 is 0 Å². The molecule has 1 aliphatic carbocycles. The zero-order valence-electron chi connectivity index (χ0n) is 10.9. The highest BCUT2D eigenvalue weighted by molar-refractivity contribution is 7.90. The largest absolute Gasteiger partial charge is 0.215 e. The lowest BCUT2D eigenvalue weighted by Gasteiger charge is -2.23. The zero-order chi connectivity index (χ0) is 14.2. The lowest BCUT2D eigenvalue weighted by atomic mass is 9.97. The molecule has 3 nitrogen and oxygen atoms in total. The summed E-state index contributed by atoms with van der Waals surface area (Å²) >= 11 is 5.72. The smallest absolute Gasteiger partial charge is 0.212 e. The maximum absolute atomic E-state index is 13.9. The van der Waals surface area contributed by atoms with Crippen LogP contribution in [-0.2, 0) is 10.0 Å². The van der Waals surface area contributed by atoms with E-state index < -0.39 is 21.9 Å². The van der Waals surface area contributed by atoms with Crippen molar-refractivity contribution in [2.45, 2.75) is 38.0 Å². The number of benzene rings is 1. The van der Waals surface area contributed by atoms with E-state index in [-0.39, 0.29) is 11.2 Å². The van der Waals surface area contributed by atoms with Crippen LogP contribution >= 0.6 is 11.6 Å². The van der Waals surface area contributed by atoms with Gasteiger partial charge in [-0.1, -0.05) is 31.5 Å². The highest BCUT2D eigenvalue weighted by Crippen LogP contribution is 2.32. The first-order valence-corrected chi connectivity index (χ1v) is 8.20. The first-order chi connectivity index (χ1) is 8.81. The van der Waals surface area contributed by atoms with E-state index in [1.54, 1.807) is 6.07 Å². The summed E-state index contributed by atoms with van der Waals surface area (Å²) in [6.45, 7) is 3.71. The summed E-state index contributed by atoms with van der Waals surface area (Å²) in [5, 5.41) is -0.0158. The first-order valence-electron chi connectivity index (χ1n) is 6.27. The van der Waals surface area contributed by atoms with Crippen molar-refractivity contribution in [2.75, 3.05) is 0 Å². The second kappa shape index (κ2) is 5.38. The van der Waals surface area contributed by atoms with Gasteiger partial charge in [0.15, 0.2) is 0 Å². The molecule has 6 heteroatoms. The maximum Gasteiger partial charge on any atom is 0.215 e. The summed E-state index contributed by atoms with van der Waals surface area (Å²) in [5.74, 6) is -0.533. The lowest BCUT2D eigenvalue weighted by molar-refractivity contribution is 0.444. The van der Waals surface area contributed by atoms with Crippen molar-refractivity contribution in [1.29, 1.82) is 0 Å². The van der Waals surface area contributed by atoms with Gasteiger partial charge in [0.1, 0.15) is 5.82 Å². The molecule has 1 N–H and O–H groups in total. The molecule has 0 spiro atoms. The van der Waals surface area contributed by atoms with Crippen LogP contribution in [0.15, 0.2) is 18.2 Å². The molecule has 19 heavy (non-hydrogen) atoms. The number of hydrogen-bond donors (Lipinski definition) is 1. The van der Waals surface area contributed by atoms with Crippen LogP contribution in [0.1, 0.15) is 38.3 Å². The molecule has 2 rings (SSSR count). The summed E-state index contributed by atoms with van der Waals surface area (Å²) in [5.41, 5.74) is 0.337. The first kappa shape index (κ1) is 14.8. The highest BCUT2D eigenvalue weighted by atomic mass is 35.5. The van der Waals surface area contributed by atoms with E-state index in [2.05, 4.69) is 4.72 Å². The van der Waals surface area contributed by atoms with Crippen LogP contribution in [0, 0.1) is 11.7 Å². The van der Waals surface area contributed by atoms with Crippen LogP contribution in [0.5, 0.6) is 0 Å². The third kappa shape index (κ3) is 3.46. The van der Waals surface area contributed by atoms with E-state index in [1.807, 2.05) is 13.8 Å². The number of nitrogens with one attached hydrogen (secondary N) is 1. The molecule has 1 fully saturated rings. The molecular formula is C13H17ClFNO2S. The van der Waals surface area contributed by atoms with E-state index in [4.69, 9.17) is 11.6 Å². The Morgan fingerprint density at radius 3 is 2.47 bits per heavy atom. The van der Waals surface area contributed by atoms with Crippen molar-refractivity contribution in [1.82, 2.24) is 4.72 Å². The Labute approximate surface area is 118 Å². The van der Waals surface area contributed by atoms with Gasteiger partial charge >= 0.3 is 0 Å². The minimum atomic E-state index is -3.36. The van der Waals surface area contributed by atoms with Crippen molar-refractivity contribution in [3.8, 4) is 0 Å². The SMILES string of the molecule is CC(C)[C@@H](NS(=O)(=O)C1CC1)c1ccc(Cl)cc1F. The second-order valence-electron chi connectivity index (χ2n) is 5.25. The summed E-state index contributed by atoms with van der Waals surface area (Å²) in [7, 11) is -3.36. The Kier molecular flexibility index (Phi) is 4.18. The molecule has 106 valence electrons. The molecule has 0 aromatic heterocycles. The van der Waals surface area contributed by atoms with Crippen molar-refractivity contribution < 1.29 is 12.8 Å². The molecule has 0 amide bonds. The summed E-state index contributed by atoms with van der Waals surface area (Å²) in [4.78, 5) is 0. The fourth-order valence-corrected chi connectivity index (χ4v) is 3.82. The van der Waals surface area contributed by atoms with Crippen LogP contribution in [0.25, 0.3) is 0 Å². The minimum Gasteiger partial charge on any atom is -0.212 e. The molecule has 0 unspecified atom stereocenters. The van der Waals surface area contributed by atoms with Gasteiger partial charge in [-0.3, -0.25) is 0 Å².